The van der Waals surface area contributed by atoms with Gasteiger partial charge in [-0.25, -0.2) is 9.78 Å². The van der Waals surface area contributed by atoms with Crippen molar-refractivity contribution >= 4 is 45.6 Å². The lowest BCUT2D eigenvalue weighted by atomic mass is 9.85. The van der Waals surface area contributed by atoms with Gasteiger partial charge in [0.15, 0.2) is 0 Å². The van der Waals surface area contributed by atoms with Gasteiger partial charge in [0.05, 0.1) is 24.9 Å². The summed E-state index contributed by atoms with van der Waals surface area (Å²) in [6, 6.07) is 23.6. The fourth-order valence-electron chi connectivity index (χ4n) is 5.09. The molecular weight excluding hydrogens is 620 g/mol. The predicted molar refractivity (Wildman–Crippen MR) is 182 cm³/mol. The largest absolute Gasteiger partial charge is 0.494 e. The summed E-state index contributed by atoms with van der Waals surface area (Å²) in [7, 11) is 1.47. The third kappa shape index (κ3) is 8.27. The molecule has 0 fully saturated rings. The number of fused-ring (bicyclic) bond motifs is 1. The van der Waals surface area contributed by atoms with Crippen molar-refractivity contribution in [2.45, 2.75) is 39.2 Å². The van der Waals surface area contributed by atoms with Gasteiger partial charge in [-0.2, -0.15) is 8.78 Å². The van der Waals surface area contributed by atoms with Crippen molar-refractivity contribution in [3.8, 4) is 23.0 Å². The number of anilines is 4. The van der Waals surface area contributed by atoms with Crippen molar-refractivity contribution in [3.05, 3.63) is 102 Å². The van der Waals surface area contributed by atoms with E-state index in [2.05, 4.69) is 25.7 Å². The third-order valence-corrected chi connectivity index (χ3v) is 7.27. The molecule has 3 amide bonds. The van der Waals surface area contributed by atoms with Crippen molar-refractivity contribution < 1.29 is 32.6 Å². The summed E-state index contributed by atoms with van der Waals surface area (Å²) >= 11 is 0. The Morgan fingerprint density at radius 2 is 1.62 bits per heavy atom. The molecule has 1 aromatic heterocycles. The van der Waals surface area contributed by atoms with Crippen LogP contribution in [0.5, 0.6) is 23.0 Å². The molecule has 248 valence electrons. The fraction of sp³-hybridized carbons (Fsp3) is 0.194. The van der Waals surface area contributed by atoms with Crippen LogP contribution in [0.4, 0.5) is 36.5 Å². The number of carbonyl (C=O) groups excluding carboxylic acids is 2. The van der Waals surface area contributed by atoms with Crippen LogP contribution in [-0.4, -0.2) is 30.6 Å². The Hall–Kier alpha value is -5.91. The zero-order valence-electron chi connectivity index (χ0n) is 26.8. The molecule has 0 saturated carbocycles. The second kappa shape index (κ2) is 14.2. The number of nitrogens with two attached hydrogens (primary N) is 1. The molecule has 10 nitrogen and oxygen atoms in total. The average Bonchev–Trinajstić information content (AvgIpc) is 3.01. The Labute approximate surface area is 276 Å². The molecule has 48 heavy (non-hydrogen) atoms. The van der Waals surface area contributed by atoms with Gasteiger partial charge in [-0.05, 0) is 47.4 Å². The summed E-state index contributed by atoms with van der Waals surface area (Å²) < 4.78 is 41.6. The standard InChI is InChI=1S/C36H35F2N5O5/c1-36(2,3)22-16-21(17-31(39)44)33(46-4)29(18-22)43-35(45)42-28-12-13-30(27-11-6-5-10-26(27)28)47-25-14-15-40-32(20-25)41-23-8-7-9-24(19-23)48-34(37)38/h5-16,18-20,34H,17H2,1-4H3,(H2,39,44)(H,40,41)(H2,42,43,45). The van der Waals surface area contributed by atoms with Crippen LogP contribution < -0.4 is 35.9 Å². The van der Waals surface area contributed by atoms with Gasteiger partial charge >= 0.3 is 12.6 Å². The van der Waals surface area contributed by atoms with Crippen LogP contribution in [-0.2, 0) is 16.6 Å². The number of alkyl halides is 2. The Morgan fingerprint density at radius 3 is 2.33 bits per heavy atom. The number of amides is 3. The van der Waals surface area contributed by atoms with Crippen LogP contribution in [0.15, 0.2) is 91.1 Å². The average molecular weight is 656 g/mol. The summed E-state index contributed by atoms with van der Waals surface area (Å²) in [5, 5.41) is 10.3. The van der Waals surface area contributed by atoms with Gasteiger partial charge in [-0.15, -0.1) is 0 Å². The number of nitrogens with zero attached hydrogens (tertiary/aromatic N) is 1. The van der Waals surface area contributed by atoms with Crippen LogP contribution in [0.25, 0.3) is 10.8 Å². The molecule has 0 bridgehead atoms. The van der Waals surface area contributed by atoms with E-state index in [-0.39, 0.29) is 17.6 Å². The zero-order valence-corrected chi connectivity index (χ0v) is 26.8. The molecule has 4 aromatic carbocycles. The van der Waals surface area contributed by atoms with E-state index >= 15 is 0 Å². The number of carbonyl (C=O) groups is 2. The van der Waals surface area contributed by atoms with Gasteiger partial charge in [0, 0.05) is 40.4 Å². The number of methoxy groups -OCH3 is 1. The fourth-order valence-corrected chi connectivity index (χ4v) is 5.09. The first kappa shape index (κ1) is 33.5. The highest BCUT2D eigenvalue weighted by Crippen LogP contribution is 2.37. The third-order valence-electron chi connectivity index (χ3n) is 7.27. The highest BCUT2D eigenvalue weighted by molar-refractivity contribution is 6.08. The minimum Gasteiger partial charge on any atom is -0.494 e. The van der Waals surface area contributed by atoms with Crippen molar-refractivity contribution in [2.24, 2.45) is 5.73 Å². The molecule has 12 heteroatoms. The first-order chi connectivity index (χ1) is 22.9. The van der Waals surface area contributed by atoms with E-state index in [4.69, 9.17) is 15.2 Å². The number of primary amides is 1. The summed E-state index contributed by atoms with van der Waals surface area (Å²) in [5.74, 6) is 1.26. The van der Waals surface area contributed by atoms with Crippen molar-refractivity contribution in [1.82, 2.24) is 4.98 Å². The second-order valence-electron chi connectivity index (χ2n) is 11.9. The molecule has 0 aliphatic heterocycles. The van der Waals surface area contributed by atoms with E-state index in [1.165, 1.54) is 19.2 Å². The summed E-state index contributed by atoms with van der Waals surface area (Å²) in [6.45, 7) is 3.15. The Morgan fingerprint density at radius 1 is 0.875 bits per heavy atom. The lowest BCUT2D eigenvalue weighted by Gasteiger charge is -2.23. The molecule has 0 radical (unpaired) electrons. The number of benzene rings is 4. The van der Waals surface area contributed by atoms with Crippen molar-refractivity contribution in [3.63, 3.8) is 0 Å². The van der Waals surface area contributed by atoms with E-state index in [0.717, 1.165) is 16.3 Å². The quantitative estimate of drug-likeness (QED) is 0.112. The van der Waals surface area contributed by atoms with Gasteiger partial charge in [0.1, 0.15) is 28.8 Å². The van der Waals surface area contributed by atoms with Crippen LogP contribution in [0, 0.1) is 0 Å². The van der Waals surface area contributed by atoms with Gasteiger partial charge in [0.25, 0.3) is 0 Å². The summed E-state index contributed by atoms with van der Waals surface area (Å²) in [5.41, 5.74) is 8.12. The maximum atomic E-state index is 13.4. The monoisotopic (exact) mass is 655 g/mol. The predicted octanol–water partition coefficient (Wildman–Crippen LogP) is 8.35. The van der Waals surface area contributed by atoms with E-state index in [1.807, 2.05) is 57.2 Å². The number of hydrogen-bond donors (Lipinski definition) is 4. The Balaban J connectivity index is 1.37. The van der Waals surface area contributed by atoms with Gasteiger partial charge in [0.2, 0.25) is 5.91 Å². The number of rotatable bonds is 11. The molecule has 5 aromatic rings. The lowest BCUT2D eigenvalue weighted by Crippen LogP contribution is -2.22. The highest BCUT2D eigenvalue weighted by atomic mass is 19.3. The molecule has 1 heterocycles. The van der Waals surface area contributed by atoms with Gasteiger partial charge < -0.3 is 35.9 Å². The first-order valence-electron chi connectivity index (χ1n) is 14.9. The molecule has 0 aliphatic rings. The molecule has 0 unspecified atom stereocenters. The number of aromatic nitrogens is 1. The number of halogens is 2. The zero-order chi connectivity index (χ0) is 34.4. The summed E-state index contributed by atoms with van der Waals surface area (Å²) in [6.07, 6.45) is 1.51. The van der Waals surface area contributed by atoms with E-state index in [0.29, 0.717) is 45.7 Å². The normalized spacial score (nSPS) is 11.2. The second-order valence-corrected chi connectivity index (χ2v) is 11.9. The van der Waals surface area contributed by atoms with Gasteiger partial charge in [-0.1, -0.05) is 57.2 Å². The molecule has 0 aliphatic carbocycles. The number of hydrogen-bond acceptors (Lipinski definition) is 7. The number of pyridine rings is 1. The van der Waals surface area contributed by atoms with E-state index in [9.17, 15) is 18.4 Å². The highest BCUT2D eigenvalue weighted by Gasteiger charge is 2.22. The molecular formula is C36H35F2N5O5. The first-order valence-corrected chi connectivity index (χ1v) is 14.9. The molecule has 5 rings (SSSR count). The Kier molecular flexibility index (Phi) is 9.93. The Bertz CT molecular complexity index is 1960. The number of nitrogens with one attached hydrogen (secondary N) is 3. The minimum atomic E-state index is -2.93. The minimum absolute atomic E-state index is 0.0154. The van der Waals surface area contributed by atoms with Gasteiger partial charge in [-0.3, -0.25) is 4.79 Å². The smallest absolute Gasteiger partial charge is 0.387 e. The molecule has 0 saturated heterocycles. The molecule has 5 N–H and O–H groups in total. The molecule has 0 atom stereocenters. The summed E-state index contributed by atoms with van der Waals surface area (Å²) in [4.78, 5) is 29.5. The van der Waals surface area contributed by atoms with Crippen LogP contribution >= 0.6 is 0 Å². The van der Waals surface area contributed by atoms with Crippen LogP contribution in [0.1, 0.15) is 31.9 Å². The van der Waals surface area contributed by atoms with Crippen LogP contribution in [0.2, 0.25) is 0 Å². The number of urea groups is 1. The SMILES string of the molecule is COc1c(CC(N)=O)cc(C(C)(C)C)cc1NC(=O)Nc1ccc(Oc2ccnc(Nc3cccc(OC(F)F)c3)c2)c2ccccc12. The van der Waals surface area contributed by atoms with E-state index < -0.39 is 18.5 Å². The van der Waals surface area contributed by atoms with Crippen LogP contribution in [0.3, 0.4) is 0 Å². The maximum absolute atomic E-state index is 13.4. The molecule has 0 spiro atoms. The number of ether oxygens (including phenoxy) is 3. The van der Waals surface area contributed by atoms with E-state index in [1.54, 1.807) is 42.6 Å². The topological polar surface area (TPSA) is 137 Å². The van der Waals surface area contributed by atoms with Crippen molar-refractivity contribution in [2.75, 3.05) is 23.1 Å². The van der Waals surface area contributed by atoms with Crippen molar-refractivity contribution in [1.29, 1.82) is 0 Å². The maximum Gasteiger partial charge on any atom is 0.387 e. The lowest BCUT2D eigenvalue weighted by molar-refractivity contribution is -0.117.